The highest BCUT2D eigenvalue weighted by Gasteiger charge is 2.30. The number of carbonyl (C=O) groups is 1. The molecule has 1 aromatic rings. The summed E-state index contributed by atoms with van der Waals surface area (Å²) in [4.78, 5) is 11.5. The summed E-state index contributed by atoms with van der Waals surface area (Å²) < 4.78 is 31.9. The molecule has 0 spiro atoms. The molecule has 0 radical (unpaired) electrons. The minimum absolute atomic E-state index is 0. The lowest BCUT2D eigenvalue weighted by molar-refractivity contribution is 0.0997. The quantitative estimate of drug-likeness (QED) is 0.797. The van der Waals surface area contributed by atoms with E-state index in [1.165, 1.54) is 29.6 Å². The number of rotatable bonds is 5. The van der Waals surface area contributed by atoms with Crippen LogP contribution in [0.15, 0.2) is 23.1 Å². The van der Waals surface area contributed by atoms with Crippen molar-refractivity contribution in [3.8, 4) is 5.75 Å². The van der Waals surface area contributed by atoms with Crippen LogP contribution < -0.4 is 15.8 Å². The van der Waals surface area contributed by atoms with Gasteiger partial charge >= 0.3 is 0 Å². The van der Waals surface area contributed by atoms with E-state index in [1.54, 1.807) is 0 Å². The normalized spacial score (nSPS) is 19.0. The van der Waals surface area contributed by atoms with E-state index in [1.807, 2.05) is 7.05 Å². The molecule has 0 aromatic heterocycles. The van der Waals surface area contributed by atoms with Crippen LogP contribution in [0, 0.1) is 0 Å². The summed E-state index contributed by atoms with van der Waals surface area (Å²) in [6.07, 6.45) is 1.74. The average Bonchev–Trinajstić information content (AvgIpc) is 2.54. The standard InChI is InChI=1S/C14H21N3O4S.ClH/c1-16-10-4-3-7-17(9-10)22(19,20)11-5-6-13(21-2)12(8-11)14(15)18;/h5-6,8,10,16H,3-4,7,9H2,1-2H3,(H2,15,18);1H. The number of ether oxygens (including phenoxy) is 1. The Hall–Kier alpha value is -1.35. The van der Waals surface area contributed by atoms with Crippen molar-refractivity contribution in [1.82, 2.24) is 9.62 Å². The van der Waals surface area contributed by atoms with Crippen molar-refractivity contribution in [2.45, 2.75) is 23.8 Å². The lowest BCUT2D eigenvalue weighted by Crippen LogP contribution is -2.46. The van der Waals surface area contributed by atoms with E-state index >= 15 is 0 Å². The van der Waals surface area contributed by atoms with Crippen LogP contribution in [0.4, 0.5) is 0 Å². The highest BCUT2D eigenvalue weighted by Crippen LogP contribution is 2.26. The number of carbonyl (C=O) groups excluding carboxylic acids is 1. The number of hydrogen-bond acceptors (Lipinski definition) is 5. The Labute approximate surface area is 142 Å². The monoisotopic (exact) mass is 363 g/mol. The number of nitrogens with two attached hydrogens (primary N) is 1. The maximum absolute atomic E-state index is 12.7. The number of hydrogen-bond donors (Lipinski definition) is 2. The number of halogens is 1. The summed E-state index contributed by atoms with van der Waals surface area (Å²) in [5.74, 6) is -0.459. The third-order valence-corrected chi connectivity index (χ3v) is 5.73. The van der Waals surface area contributed by atoms with Gasteiger partial charge in [-0.05, 0) is 38.1 Å². The number of nitrogens with zero attached hydrogens (tertiary/aromatic N) is 1. The molecule has 1 aliphatic rings. The van der Waals surface area contributed by atoms with Gasteiger partial charge in [0.25, 0.3) is 5.91 Å². The molecule has 23 heavy (non-hydrogen) atoms. The molecule has 1 aliphatic heterocycles. The highest BCUT2D eigenvalue weighted by atomic mass is 35.5. The fourth-order valence-corrected chi connectivity index (χ4v) is 4.14. The Balaban J connectivity index is 0.00000264. The first-order chi connectivity index (χ1) is 10.4. The van der Waals surface area contributed by atoms with E-state index in [-0.39, 0.29) is 34.7 Å². The minimum Gasteiger partial charge on any atom is -0.496 e. The van der Waals surface area contributed by atoms with E-state index in [4.69, 9.17) is 10.5 Å². The van der Waals surface area contributed by atoms with Crippen LogP contribution in [0.5, 0.6) is 5.75 Å². The van der Waals surface area contributed by atoms with Crippen molar-refractivity contribution >= 4 is 28.3 Å². The van der Waals surface area contributed by atoms with E-state index in [0.717, 1.165) is 12.8 Å². The first kappa shape index (κ1) is 19.7. The summed E-state index contributed by atoms with van der Waals surface area (Å²) in [7, 11) is -0.436. The van der Waals surface area contributed by atoms with Crippen molar-refractivity contribution in [3.63, 3.8) is 0 Å². The maximum Gasteiger partial charge on any atom is 0.252 e. The number of primary amides is 1. The van der Waals surface area contributed by atoms with Crippen LogP contribution in [0.1, 0.15) is 23.2 Å². The third kappa shape index (κ3) is 4.14. The van der Waals surface area contributed by atoms with Gasteiger partial charge in [-0.15, -0.1) is 12.4 Å². The topological polar surface area (TPSA) is 102 Å². The minimum atomic E-state index is -3.66. The molecule has 0 aliphatic carbocycles. The highest BCUT2D eigenvalue weighted by molar-refractivity contribution is 7.89. The van der Waals surface area contributed by atoms with Gasteiger partial charge < -0.3 is 15.8 Å². The van der Waals surface area contributed by atoms with Crippen LogP contribution in [-0.2, 0) is 10.0 Å². The molecule has 0 bridgehead atoms. The van der Waals surface area contributed by atoms with Gasteiger partial charge in [-0.3, -0.25) is 4.79 Å². The summed E-state index contributed by atoms with van der Waals surface area (Å²) in [6.45, 7) is 0.884. The van der Waals surface area contributed by atoms with Crippen LogP contribution >= 0.6 is 12.4 Å². The van der Waals surface area contributed by atoms with Gasteiger partial charge in [-0.2, -0.15) is 4.31 Å². The number of benzene rings is 1. The van der Waals surface area contributed by atoms with Crippen LogP contribution in [-0.4, -0.2) is 51.9 Å². The second-order valence-electron chi connectivity index (χ2n) is 5.22. The number of piperidine rings is 1. The van der Waals surface area contributed by atoms with Crippen molar-refractivity contribution in [2.75, 3.05) is 27.2 Å². The van der Waals surface area contributed by atoms with E-state index < -0.39 is 15.9 Å². The van der Waals surface area contributed by atoms with Crippen molar-refractivity contribution in [1.29, 1.82) is 0 Å². The second kappa shape index (κ2) is 7.96. The number of amides is 1. The molecule has 9 heteroatoms. The molecule has 1 unspecified atom stereocenters. The molecule has 130 valence electrons. The molecular formula is C14H22ClN3O4S. The summed E-state index contributed by atoms with van der Waals surface area (Å²) in [5.41, 5.74) is 5.35. The lowest BCUT2D eigenvalue weighted by atomic mass is 10.1. The molecule has 3 N–H and O–H groups in total. The number of likely N-dealkylation sites (N-methyl/N-ethyl adjacent to an activating group) is 1. The molecule has 7 nitrogen and oxygen atoms in total. The zero-order chi connectivity index (χ0) is 16.3. The lowest BCUT2D eigenvalue weighted by Gasteiger charge is -2.31. The SMILES string of the molecule is CNC1CCCN(S(=O)(=O)c2ccc(OC)c(C(N)=O)c2)C1.Cl. The Kier molecular flexibility index (Phi) is 6.82. The first-order valence-corrected chi connectivity index (χ1v) is 8.49. The van der Waals surface area contributed by atoms with Crippen molar-refractivity contribution < 1.29 is 17.9 Å². The van der Waals surface area contributed by atoms with Gasteiger partial charge in [0.05, 0.1) is 17.6 Å². The molecule has 1 amide bonds. The molecule has 1 heterocycles. The Bertz CT molecular complexity index is 666. The zero-order valence-electron chi connectivity index (χ0n) is 13.1. The van der Waals surface area contributed by atoms with Crippen molar-refractivity contribution in [2.24, 2.45) is 5.73 Å². The molecule has 1 aromatic carbocycles. The Morgan fingerprint density at radius 2 is 2.13 bits per heavy atom. The van der Waals surface area contributed by atoms with Gasteiger partial charge in [0.2, 0.25) is 10.0 Å². The second-order valence-corrected chi connectivity index (χ2v) is 7.16. The van der Waals surface area contributed by atoms with Crippen LogP contribution in [0.2, 0.25) is 0 Å². The van der Waals surface area contributed by atoms with Crippen LogP contribution in [0.3, 0.4) is 0 Å². The maximum atomic E-state index is 12.7. The molecule has 0 saturated carbocycles. The predicted octanol–water partition coefficient (Wildman–Crippen LogP) is 0.588. The fraction of sp³-hybridized carbons (Fsp3) is 0.500. The smallest absolute Gasteiger partial charge is 0.252 e. The third-order valence-electron chi connectivity index (χ3n) is 3.87. The van der Waals surface area contributed by atoms with Gasteiger partial charge in [0.15, 0.2) is 0 Å². The van der Waals surface area contributed by atoms with E-state index in [9.17, 15) is 13.2 Å². The number of methoxy groups -OCH3 is 1. The average molecular weight is 364 g/mol. The molecular weight excluding hydrogens is 342 g/mol. The van der Waals surface area contributed by atoms with E-state index in [0.29, 0.717) is 13.1 Å². The predicted molar refractivity (Wildman–Crippen MR) is 89.6 cm³/mol. The summed E-state index contributed by atoms with van der Waals surface area (Å²) in [5, 5.41) is 3.11. The Morgan fingerprint density at radius 3 is 2.70 bits per heavy atom. The fourth-order valence-electron chi connectivity index (χ4n) is 2.59. The van der Waals surface area contributed by atoms with Gasteiger partial charge in [-0.25, -0.2) is 8.42 Å². The van der Waals surface area contributed by atoms with E-state index in [2.05, 4.69) is 5.32 Å². The molecule has 1 saturated heterocycles. The number of nitrogens with one attached hydrogen (secondary N) is 1. The largest absolute Gasteiger partial charge is 0.496 e. The molecule has 1 atom stereocenters. The first-order valence-electron chi connectivity index (χ1n) is 7.05. The Morgan fingerprint density at radius 1 is 1.43 bits per heavy atom. The number of sulfonamides is 1. The van der Waals surface area contributed by atoms with Gasteiger partial charge in [-0.1, -0.05) is 0 Å². The summed E-state index contributed by atoms with van der Waals surface area (Å²) in [6, 6.07) is 4.30. The van der Waals surface area contributed by atoms with Crippen LogP contribution in [0.25, 0.3) is 0 Å². The van der Waals surface area contributed by atoms with Crippen molar-refractivity contribution in [3.05, 3.63) is 23.8 Å². The summed E-state index contributed by atoms with van der Waals surface area (Å²) >= 11 is 0. The zero-order valence-corrected chi connectivity index (χ0v) is 14.7. The molecule has 1 fully saturated rings. The van der Waals surface area contributed by atoms with Gasteiger partial charge in [0, 0.05) is 19.1 Å². The van der Waals surface area contributed by atoms with Gasteiger partial charge in [0.1, 0.15) is 5.75 Å². The molecule has 2 rings (SSSR count).